The molecule has 1 amide bonds. The van der Waals surface area contributed by atoms with Crippen LogP contribution in [0.1, 0.15) is 33.1 Å². The van der Waals surface area contributed by atoms with Gasteiger partial charge in [-0.25, -0.2) is 0 Å². The maximum absolute atomic E-state index is 11.7. The van der Waals surface area contributed by atoms with Crippen LogP contribution < -0.4 is 5.32 Å². The third kappa shape index (κ3) is 4.41. The highest BCUT2D eigenvalue weighted by molar-refractivity contribution is 5.81. The number of hydrogen-bond donors (Lipinski definition) is 1. The fraction of sp³-hybridized carbons (Fsp3) is 0.438. The average molecular weight is 287 g/mol. The molecule has 112 valence electrons. The Hall–Kier alpha value is -2.17. The van der Waals surface area contributed by atoms with Gasteiger partial charge in [-0.15, -0.1) is 0 Å². The lowest BCUT2D eigenvalue weighted by Gasteiger charge is -2.17. The zero-order valence-corrected chi connectivity index (χ0v) is 12.7. The molecule has 0 radical (unpaired) electrons. The van der Waals surface area contributed by atoms with Crippen molar-refractivity contribution in [2.24, 2.45) is 5.41 Å². The van der Waals surface area contributed by atoms with E-state index in [1.54, 1.807) is 0 Å². The normalized spacial score (nSPS) is 11.4. The molecule has 2 rings (SSSR count). The van der Waals surface area contributed by atoms with E-state index in [2.05, 4.69) is 15.5 Å². The van der Waals surface area contributed by atoms with Crippen LogP contribution in [0.3, 0.4) is 0 Å². The fourth-order valence-electron chi connectivity index (χ4n) is 1.77. The van der Waals surface area contributed by atoms with Crippen LogP contribution in [-0.4, -0.2) is 22.6 Å². The van der Waals surface area contributed by atoms with Gasteiger partial charge in [-0.3, -0.25) is 4.79 Å². The number of aromatic nitrogens is 2. The second kappa shape index (κ2) is 6.52. The van der Waals surface area contributed by atoms with Gasteiger partial charge in [-0.2, -0.15) is 4.98 Å². The largest absolute Gasteiger partial charge is 0.356 e. The van der Waals surface area contributed by atoms with E-state index in [4.69, 9.17) is 4.52 Å². The summed E-state index contributed by atoms with van der Waals surface area (Å²) in [5.74, 6) is 1.25. The number of benzene rings is 1. The minimum atomic E-state index is -0.356. The number of aryl methyl sites for hydroxylation is 1. The molecule has 0 aliphatic carbocycles. The number of carbonyl (C=O) groups is 1. The third-order valence-corrected chi connectivity index (χ3v) is 3.03. The van der Waals surface area contributed by atoms with E-state index in [9.17, 15) is 4.79 Å². The third-order valence-electron chi connectivity index (χ3n) is 3.03. The lowest BCUT2D eigenvalue weighted by Crippen LogP contribution is -2.35. The van der Waals surface area contributed by atoms with Crippen molar-refractivity contribution < 1.29 is 9.32 Å². The number of nitrogens with one attached hydrogen (secondary N) is 1. The van der Waals surface area contributed by atoms with Crippen LogP contribution in [0.25, 0.3) is 11.4 Å². The Balaban J connectivity index is 1.80. The zero-order chi connectivity index (χ0) is 15.3. The van der Waals surface area contributed by atoms with E-state index in [0.717, 1.165) is 12.0 Å². The SMILES string of the molecule is CC(C)(C)C(=O)NCCCc1nc(-c2ccccc2)no1. The molecule has 0 saturated heterocycles. The topological polar surface area (TPSA) is 68.0 Å². The van der Waals surface area contributed by atoms with E-state index in [1.807, 2.05) is 51.1 Å². The van der Waals surface area contributed by atoms with Crippen molar-refractivity contribution in [2.75, 3.05) is 6.54 Å². The Morgan fingerprint density at radius 3 is 2.62 bits per heavy atom. The maximum Gasteiger partial charge on any atom is 0.227 e. The van der Waals surface area contributed by atoms with Crippen LogP contribution >= 0.6 is 0 Å². The Morgan fingerprint density at radius 2 is 1.95 bits per heavy atom. The van der Waals surface area contributed by atoms with Gasteiger partial charge in [0.1, 0.15) is 0 Å². The van der Waals surface area contributed by atoms with Crippen LogP contribution in [0.2, 0.25) is 0 Å². The Kier molecular flexibility index (Phi) is 4.73. The number of amides is 1. The molecule has 0 aliphatic rings. The van der Waals surface area contributed by atoms with Crippen molar-refractivity contribution in [1.82, 2.24) is 15.5 Å². The van der Waals surface area contributed by atoms with Gasteiger partial charge in [0.05, 0.1) is 0 Å². The van der Waals surface area contributed by atoms with Crippen molar-refractivity contribution in [3.05, 3.63) is 36.2 Å². The standard InChI is InChI=1S/C16H21N3O2/c1-16(2,3)15(20)17-11-7-10-13-18-14(19-21-13)12-8-5-4-6-9-12/h4-6,8-9H,7,10-11H2,1-3H3,(H,17,20). The van der Waals surface area contributed by atoms with Crippen molar-refractivity contribution in [3.63, 3.8) is 0 Å². The molecule has 2 aromatic rings. The van der Waals surface area contributed by atoms with Crippen LogP contribution in [0.15, 0.2) is 34.9 Å². The summed E-state index contributed by atoms with van der Waals surface area (Å²) in [7, 11) is 0. The highest BCUT2D eigenvalue weighted by Gasteiger charge is 2.20. The van der Waals surface area contributed by atoms with Gasteiger partial charge in [0.25, 0.3) is 0 Å². The van der Waals surface area contributed by atoms with E-state index >= 15 is 0 Å². The first-order chi connectivity index (χ1) is 9.97. The minimum absolute atomic E-state index is 0.0537. The second-order valence-corrected chi connectivity index (χ2v) is 5.99. The van der Waals surface area contributed by atoms with Crippen molar-refractivity contribution in [1.29, 1.82) is 0 Å². The lowest BCUT2D eigenvalue weighted by molar-refractivity contribution is -0.128. The monoisotopic (exact) mass is 287 g/mol. The predicted molar refractivity (Wildman–Crippen MR) is 80.5 cm³/mol. The van der Waals surface area contributed by atoms with Crippen molar-refractivity contribution in [3.8, 4) is 11.4 Å². The summed E-state index contributed by atoms with van der Waals surface area (Å²) in [5.41, 5.74) is 0.582. The molecular weight excluding hydrogens is 266 g/mol. The molecule has 0 unspecified atom stereocenters. The number of nitrogens with zero attached hydrogens (tertiary/aromatic N) is 2. The second-order valence-electron chi connectivity index (χ2n) is 5.99. The summed E-state index contributed by atoms with van der Waals surface area (Å²) >= 11 is 0. The lowest BCUT2D eigenvalue weighted by atomic mass is 9.96. The smallest absolute Gasteiger partial charge is 0.227 e. The number of hydrogen-bond acceptors (Lipinski definition) is 4. The molecule has 1 aromatic heterocycles. The summed E-state index contributed by atoms with van der Waals surface area (Å²) < 4.78 is 5.22. The summed E-state index contributed by atoms with van der Waals surface area (Å²) in [5, 5.41) is 6.87. The molecule has 0 spiro atoms. The van der Waals surface area contributed by atoms with E-state index in [1.165, 1.54) is 0 Å². The molecule has 0 saturated carbocycles. The molecule has 1 N–H and O–H groups in total. The van der Waals surface area contributed by atoms with Gasteiger partial charge in [0.15, 0.2) is 0 Å². The first-order valence-corrected chi connectivity index (χ1v) is 7.13. The zero-order valence-electron chi connectivity index (χ0n) is 12.7. The van der Waals surface area contributed by atoms with Crippen LogP contribution in [-0.2, 0) is 11.2 Å². The van der Waals surface area contributed by atoms with Gasteiger partial charge in [0, 0.05) is 23.9 Å². The Labute approximate surface area is 124 Å². The van der Waals surface area contributed by atoms with Crippen LogP contribution in [0.4, 0.5) is 0 Å². The summed E-state index contributed by atoms with van der Waals surface area (Å²) in [6.45, 7) is 6.30. The number of rotatable bonds is 5. The molecule has 1 aromatic carbocycles. The minimum Gasteiger partial charge on any atom is -0.356 e. The molecule has 21 heavy (non-hydrogen) atoms. The molecule has 1 heterocycles. The fourth-order valence-corrected chi connectivity index (χ4v) is 1.77. The van der Waals surface area contributed by atoms with Crippen molar-refractivity contribution in [2.45, 2.75) is 33.6 Å². The van der Waals surface area contributed by atoms with Gasteiger partial charge < -0.3 is 9.84 Å². The summed E-state index contributed by atoms with van der Waals surface area (Å²) in [4.78, 5) is 16.1. The molecule has 0 aliphatic heterocycles. The van der Waals surface area contributed by atoms with Crippen LogP contribution in [0.5, 0.6) is 0 Å². The highest BCUT2D eigenvalue weighted by atomic mass is 16.5. The molecule has 5 heteroatoms. The molecule has 0 fully saturated rings. The summed E-state index contributed by atoms with van der Waals surface area (Å²) in [6.07, 6.45) is 1.43. The van der Waals surface area contributed by atoms with E-state index in [-0.39, 0.29) is 11.3 Å². The van der Waals surface area contributed by atoms with E-state index in [0.29, 0.717) is 24.7 Å². The van der Waals surface area contributed by atoms with Gasteiger partial charge in [-0.05, 0) is 6.42 Å². The van der Waals surface area contributed by atoms with Gasteiger partial charge >= 0.3 is 0 Å². The first kappa shape index (κ1) is 15.2. The molecular formula is C16H21N3O2. The van der Waals surface area contributed by atoms with E-state index < -0.39 is 0 Å². The summed E-state index contributed by atoms with van der Waals surface area (Å²) in [6, 6.07) is 9.71. The maximum atomic E-state index is 11.7. The van der Waals surface area contributed by atoms with Gasteiger partial charge in [-0.1, -0.05) is 56.3 Å². The van der Waals surface area contributed by atoms with Crippen molar-refractivity contribution >= 4 is 5.91 Å². The predicted octanol–water partition coefficient (Wildman–Crippen LogP) is 2.83. The Morgan fingerprint density at radius 1 is 1.24 bits per heavy atom. The quantitative estimate of drug-likeness (QED) is 0.859. The first-order valence-electron chi connectivity index (χ1n) is 7.13. The molecule has 0 bridgehead atoms. The number of carbonyl (C=O) groups excluding carboxylic acids is 1. The average Bonchev–Trinajstić information content (AvgIpc) is 2.92. The Bertz CT molecular complexity index is 585. The van der Waals surface area contributed by atoms with Gasteiger partial charge in [0.2, 0.25) is 17.6 Å². The highest BCUT2D eigenvalue weighted by Crippen LogP contribution is 2.15. The van der Waals surface area contributed by atoms with Crippen LogP contribution in [0, 0.1) is 5.41 Å². The molecule has 0 atom stereocenters. The molecule has 5 nitrogen and oxygen atoms in total.